The second-order valence-corrected chi connectivity index (χ2v) is 5.38. The van der Waals surface area contributed by atoms with Gasteiger partial charge < -0.3 is 20.6 Å². The normalized spacial score (nSPS) is 15.5. The maximum Gasteiger partial charge on any atom is 0.337 e. The van der Waals surface area contributed by atoms with Crippen LogP contribution in [0.1, 0.15) is 28.8 Å². The van der Waals surface area contributed by atoms with Crippen LogP contribution in [0, 0.1) is 6.92 Å². The molecule has 0 radical (unpaired) electrons. The van der Waals surface area contributed by atoms with Gasteiger partial charge in [0.25, 0.3) is 0 Å². The Morgan fingerprint density at radius 3 is 2.62 bits per heavy atom. The molecule has 0 unspecified atom stereocenters. The standard InChI is InChI=1S/C15H21N3O3/c1-10-3-4-13(12(9-10)14(19)20)17-15(21)18(2)11-5-7-16-8-6-11/h3-4,9,11,16H,5-8H2,1-2H3,(H,17,21)(H,19,20). The van der Waals surface area contributed by atoms with E-state index in [0.717, 1.165) is 31.5 Å². The molecule has 2 rings (SSSR count). The van der Waals surface area contributed by atoms with Crippen LogP contribution in [-0.2, 0) is 0 Å². The van der Waals surface area contributed by atoms with Crippen molar-refractivity contribution in [3.63, 3.8) is 0 Å². The zero-order chi connectivity index (χ0) is 15.4. The second-order valence-electron chi connectivity index (χ2n) is 5.38. The number of benzene rings is 1. The number of piperidine rings is 1. The largest absolute Gasteiger partial charge is 0.478 e. The van der Waals surface area contributed by atoms with Gasteiger partial charge in [0.05, 0.1) is 11.3 Å². The van der Waals surface area contributed by atoms with E-state index in [1.165, 1.54) is 0 Å². The highest BCUT2D eigenvalue weighted by Crippen LogP contribution is 2.19. The van der Waals surface area contributed by atoms with E-state index in [9.17, 15) is 14.7 Å². The molecule has 1 aromatic rings. The fourth-order valence-electron chi connectivity index (χ4n) is 2.51. The summed E-state index contributed by atoms with van der Waals surface area (Å²) in [6, 6.07) is 4.89. The van der Waals surface area contributed by atoms with Crippen molar-refractivity contribution >= 4 is 17.7 Å². The Morgan fingerprint density at radius 1 is 1.33 bits per heavy atom. The minimum Gasteiger partial charge on any atom is -0.478 e. The third-order valence-corrected chi connectivity index (χ3v) is 3.82. The van der Waals surface area contributed by atoms with Gasteiger partial charge in [0.15, 0.2) is 0 Å². The van der Waals surface area contributed by atoms with E-state index in [4.69, 9.17) is 0 Å². The molecule has 1 aliphatic rings. The van der Waals surface area contributed by atoms with Gasteiger partial charge in [-0.05, 0) is 45.0 Å². The van der Waals surface area contributed by atoms with E-state index in [1.54, 1.807) is 30.1 Å². The number of rotatable bonds is 3. The van der Waals surface area contributed by atoms with Gasteiger partial charge >= 0.3 is 12.0 Å². The van der Waals surface area contributed by atoms with E-state index in [-0.39, 0.29) is 17.6 Å². The number of aryl methyl sites for hydroxylation is 1. The Balaban J connectivity index is 2.10. The van der Waals surface area contributed by atoms with Crippen molar-refractivity contribution in [2.75, 3.05) is 25.5 Å². The van der Waals surface area contributed by atoms with Crippen LogP contribution >= 0.6 is 0 Å². The van der Waals surface area contributed by atoms with Crippen LogP contribution in [0.5, 0.6) is 0 Å². The van der Waals surface area contributed by atoms with Gasteiger partial charge in [0, 0.05) is 13.1 Å². The molecule has 6 nitrogen and oxygen atoms in total. The van der Waals surface area contributed by atoms with Crippen LogP contribution in [-0.4, -0.2) is 48.2 Å². The van der Waals surface area contributed by atoms with E-state index in [2.05, 4.69) is 10.6 Å². The molecule has 0 aromatic heterocycles. The molecule has 1 saturated heterocycles. The van der Waals surface area contributed by atoms with Crippen LogP contribution in [0.25, 0.3) is 0 Å². The zero-order valence-electron chi connectivity index (χ0n) is 12.3. The molecule has 0 spiro atoms. The van der Waals surface area contributed by atoms with E-state index in [1.807, 2.05) is 6.92 Å². The summed E-state index contributed by atoms with van der Waals surface area (Å²) in [4.78, 5) is 25.2. The van der Waals surface area contributed by atoms with E-state index >= 15 is 0 Å². The first-order valence-electron chi connectivity index (χ1n) is 7.07. The highest BCUT2D eigenvalue weighted by atomic mass is 16.4. The highest BCUT2D eigenvalue weighted by molar-refractivity contribution is 6.00. The Labute approximate surface area is 124 Å². The summed E-state index contributed by atoms with van der Waals surface area (Å²) in [6.07, 6.45) is 1.81. The number of hydrogen-bond donors (Lipinski definition) is 3. The van der Waals surface area contributed by atoms with Crippen molar-refractivity contribution < 1.29 is 14.7 Å². The summed E-state index contributed by atoms with van der Waals surface area (Å²) >= 11 is 0. The number of hydrogen-bond acceptors (Lipinski definition) is 3. The second kappa shape index (κ2) is 6.58. The monoisotopic (exact) mass is 291 g/mol. The first-order chi connectivity index (χ1) is 9.99. The van der Waals surface area contributed by atoms with Crippen LogP contribution in [0.2, 0.25) is 0 Å². The number of urea groups is 1. The van der Waals surface area contributed by atoms with Crippen molar-refractivity contribution in [3.05, 3.63) is 29.3 Å². The Hall–Kier alpha value is -2.08. The molecule has 0 bridgehead atoms. The maximum atomic E-state index is 12.3. The van der Waals surface area contributed by atoms with Crippen LogP contribution in [0.3, 0.4) is 0 Å². The van der Waals surface area contributed by atoms with Gasteiger partial charge in [-0.1, -0.05) is 11.6 Å². The number of aromatic carboxylic acids is 1. The molecular formula is C15H21N3O3. The van der Waals surface area contributed by atoms with Crippen molar-refractivity contribution in [2.24, 2.45) is 0 Å². The first kappa shape index (κ1) is 15.3. The molecule has 3 N–H and O–H groups in total. The maximum absolute atomic E-state index is 12.3. The molecule has 1 aliphatic heterocycles. The average molecular weight is 291 g/mol. The molecule has 0 atom stereocenters. The third kappa shape index (κ3) is 3.72. The lowest BCUT2D eigenvalue weighted by Gasteiger charge is -2.31. The summed E-state index contributed by atoms with van der Waals surface area (Å²) < 4.78 is 0. The number of carbonyl (C=O) groups is 2. The van der Waals surface area contributed by atoms with Gasteiger partial charge in [-0.3, -0.25) is 0 Å². The van der Waals surface area contributed by atoms with Crippen molar-refractivity contribution in [1.82, 2.24) is 10.2 Å². The van der Waals surface area contributed by atoms with Crippen molar-refractivity contribution in [2.45, 2.75) is 25.8 Å². The average Bonchev–Trinajstić information content (AvgIpc) is 2.49. The van der Waals surface area contributed by atoms with Gasteiger partial charge in [-0.2, -0.15) is 0 Å². The number of carboxylic acid groups (broad SMARTS) is 1. The number of carbonyl (C=O) groups excluding carboxylic acids is 1. The quantitative estimate of drug-likeness (QED) is 0.794. The summed E-state index contributed by atoms with van der Waals surface area (Å²) in [5.41, 5.74) is 1.29. The number of amides is 2. The Bertz CT molecular complexity index is 539. The molecule has 2 amide bonds. The summed E-state index contributed by atoms with van der Waals surface area (Å²) in [6.45, 7) is 3.61. The topological polar surface area (TPSA) is 81.7 Å². The molecule has 1 aromatic carbocycles. The minimum absolute atomic E-state index is 0.113. The summed E-state index contributed by atoms with van der Waals surface area (Å²) in [5, 5.41) is 15.2. The zero-order valence-corrected chi connectivity index (χ0v) is 12.3. The summed E-state index contributed by atoms with van der Waals surface area (Å²) in [7, 11) is 1.75. The lowest BCUT2D eigenvalue weighted by atomic mass is 10.1. The molecule has 0 aliphatic carbocycles. The lowest BCUT2D eigenvalue weighted by Crippen LogP contribution is -2.45. The van der Waals surface area contributed by atoms with Gasteiger partial charge in [0.2, 0.25) is 0 Å². The lowest BCUT2D eigenvalue weighted by molar-refractivity contribution is 0.0698. The van der Waals surface area contributed by atoms with Gasteiger partial charge in [-0.15, -0.1) is 0 Å². The van der Waals surface area contributed by atoms with Crippen LogP contribution < -0.4 is 10.6 Å². The van der Waals surface area contributed by atoms with Crippen LogP contribution in [0.4, 0.5) is 10.5 Å². The summed E-state index contributed by atoms with van der Waals surface area (Å²) in [5.74, 6) is -1.04. The highest BCUT2D eigenvalue weighted by Gasteiger charge is 2.23. The predicted molar refractivity (Wildman–Crippen MR) is 80.8 cm³/mol. The Kier molecular flexibility index (Phi) is 4.80. The smallest absolute Gasteiger partial charge is 0.337 e. The fraction of sp³-hybridized carbons (Fsp3) is 0.467. The SMILES string of the molecule is Cc1ccc(NC(=O)N(C)C2CCNCC2)c(C(=O)O)c1. The first-order valence-corrected chi connectivity index (χ1v) is 7.07. The Morgan fingerprint density at radius 2 is 2.00 bits per heavy atom. The van der Waals surface area contributed by atoms with Crippen molar-refractivity contribution in [3.8, 4) is 0 Å². The molecular weight excluding hydrogens is 270 g/mol. The predicted octanol–water partition coefficient (Wildman–Crippen LogP) is 1.91. The van der Waals surface area contributed by atoms with Crippen LogP contribution in [0.15, 0.2) is 18.2 Å². The van der Waals surface area contributed by atoms with Gasteiger partial charge in [-0.25, -0.2) is 9.59 Å². The van der Waals surface area contributed by atoms with E-state index in [0.29, 0.717) is 5.69 Å². The fourth-order valence-corrected chi connectivity index (χ4v) is 2.51. The number of carboxylic acids is 1. The van der Waals surface area contributed by atoms with Gasteiger partial charge in [0.1, 0.15) is 0 Å². The molecule has 0 saturated carbocycles. The number of anilines is 1. The number of nitrogens with one attached hydrogen (secondary N) is 2. The molecule has 1 fully saturated rings. The minimum atomic E-state index is -1.04. The third-order valence-electron chi connectivity index (χ3n) is 3.82. The number of nitrogens with zero attached hydrogens (tertiary/aromatic N) is 1. The molecule has 1 heterocycles. The molecule has 6 heteroatoms. The molecule has 114 valence electrons. The van der Waals surface area contributed by atoms with Crippen molar-refractivity contribution in [1.29, 1.82) is 0 Å². The molecule has 21 heavy (non-hydrogen) atoms. The van der Waals surface area contributed by atoms with E-state index < -0.39 is 5.97 Å².